The summed E-state index contributed by atoms with van der Waals surface area (Å²) in [6.45, 7) is 3.48. The average molecular weight is 452 g/mol. The molecule has 1 saturated heterocycles. The topological polar surface area (TPSA) is 52.0 Å². The molecule has 2 aromatic carbocycles. The minimum Gasteiger partial charge on any atom is -0.361 e. The van der Waals surface area contributed by atoms with Gasteiger partial charge >= 0.3 is 0 Å². The Labute approximate surface area is 190 Å². The molecule has 158 valence electrons. The highest BCUT2D eigenvalue weighted by atomic mass is 35.5. The number of likely N-dealkylation sites (tertiary alicyclic amines) is 1. The summed E-state index contributed by atoms with van der Waals surface area (Å²) >= 11 is 12.0. The van der Waals surface area contributed by atoms with Crippen molar-refractivity contribution in [2.45, 2.75) is 32.5 Å². The van der Waals surface area contributed by atoms with Gasteiger partial charge in [-0.1, -0.05) is 35.0 Å². The van der Waals surface area contributed by atoms with Crippen molar-refractivity contribution in [3.05, 3.63) is 81.9 Å². The zero-order valence-corrected chi connectivity index (χ0v) is 18.7. The summed E-state index contributed by atoms with van der Waals surface area (Å²) in [5, 5.41) is 9.87. The molecule has 0 radical (unpaired) electrons. The summed E-state index contributed by atoms with van der Waals surface area (Å²) < 4.78 is 9.88. The summed E-state index contributed by atoms with van der Waals surface area (Å²) in [5.41, 5.74) is 2.92. The van der Waals surface area contributed by atoms with E-state index >= 15 is 0 Å². The highest BCUT2D eigenvalue weighted by molar-refractivity contribution is 7.71. The van der Waals surface area contributed by atoms with Gasteiger partial charge in [-0.05, 0) is 68.4 Å². The molecule has 1 aliphatic rings. The number of hydrogen-bond acceptors (Lipinski definition) is 5. The van der Waals surface area contributed by atoms with Gasteiger partial charge in [0.05, 0.1) is 12.7 Å². The van der Waals surface area contributed by atoms with E-state index in [-0.39, 0.29) is 6.04 Å². The van der Waals surface area contributed by atoms with Crippen LogP contribution in [0.1, 0.15) is 30.3 Å². The first-order valence-corrected chi connectivity index (χ1v) is 11.1. The molecule has 3 heterocycles. The Morgan fingerprint density at radius 3 is 2.61 bits per heavy atom. The van der Waals surface area contributed by atoms with Gasteiger partial charge in [-0.2, -0.15) is 0 Å². The van der Waals surface area contributed by atoms with Crippen LogP contribution in [0.25, 0.3) is 17.1 Å². The molecule has 1 unspecified atom stereocenters. The van der Waals surface area contributed by atoms with Crippen LogP contribution in [0, 0.1) is 11.7 Å². The third kappa shape index (κ3) is 3.96. The van der Waals surface area contributed by atoms with Crippen LogP contribution in [-0.4, -0.2) is 30.9 Å². The van der Waals surface area contributed by atoms with Crippen LogP contribution >= 0.6 is 23.8 Å². The van der Waals surface area contributed by atoms with Crippen molar-refractivity contribution in [2.24, 2.45) is 0 Å². The number of aryl methyl sites for hydroxylation is 1. The van der Waals surface area contributed by atoms with Gasteiger partial charge in [0.25, 0.3) is 0 Å². The van der Waals surface area contributed by atoms with Crippen LogP contribution in [-0.2, 0) is 6.67 Å². The molecular formula is C23H22ClN5OS. The van der Waals surface area contributed by atoms with Gasteiger partial charge in [-0.15, -0.1) is 5.10 Å². The zero-order chi connectivity index (χ0) is 21.4. The molecule has 1 fully saturated rings. The first kappa shape index (κ1) is 20.2. The quantitative estimate of drug-likeness (QED) is 0.358. The van der Waals surface area contributed by atoms with Crippen molar-refractivity contribution in [2.75, 3.05) is 6.54 Å². The molecule has 0 amide bonds. The molecule has 0 spiro atoms. The minimum atomic E-state index is 0.209. The maximum absolute atomic E-state index is 6.11. The fraction of sp³-hybridized carbons (Fsp3) is 0.261. The molecule has 4 aromatic rings. The van der Waals surface area contributed by atoms with Crippen molar-refractivity contribution in [1.29, 1.82) is 0 Å². The number of hydrogen-bond donors (Lipinski definition) is 0. The third-order valence-electron chi connectivity index (χ3n) is 5.62. The van der Waals surface area contributed by atoms with Crippen molar-refractivity contribution < 1.29 is 4.52 Å². The van der Waals surface area contributed by atoms with Crippen molar-refractivity contribution in [3.8, 4) is 17.1 Å². The van der Waals surface area contributed by atoms with Crippen LogP contribution in [0.15, 0.2) is 65.2 Å². The smallest absolute Gasteiger partial charge is 0.204 e. The fourth-order valence-electron chi connectivity index (χ4n) is 4.14. The van der Waals surface area contributed by atoms with Crippen molar-refractivity contribution in [3.63, 3.8) is 0 Å². The molecule has 1 atom stereocenters. The lowest BCUT2D eigenvalue weighted by molar-refractivity contribution is 0.183. The highest BCUT2D eigenvalue weighted by Gasteiger charge is 2.29. The lowest BCUT2D eigenvalue weighted by atomic mass is 10.1. The summed E-state index contributed by atoms with van der Waals surface area (Å²) in [6.07, 6.45) is 2.15. The lowest BCUT2D eigenvalue weighted by Crippen LogP contribution is -2.27. The molecule has 5 rings (SSSR count). The number of rotatable bonds is 5. The van der Waals surface area contributed by atoms with Crippen molar-refractivity contribution in [1.82, 2.24) is 24.4 Å². The maximum atomic E-state index is 6.11. The first-order chi connectivity index (χ1) is 15.1. The van der Waals surface area contributed by atoms with E-state index in [4.69, 9.17) is 33.4 Å². The zero-order valence-electron chi connectivity index (χ0n) is 17.1. The Bertz CT molecular complexity index is 1250. The lowest BCUT2D eigenvalue weighted by Gasteiger charge is -2.22. The predicted octanol–water partition coefficient (Wildman–Crippen LogP) is 5.81. The van der Waals surface area contributed by atoms with Gasteiger partial charge in [-0.25, -0.2) is 4.68 Å². The molecule has 1 aliphatic heterocycles. The Balaban J connectivity index is 1.55. The standard InChI is InChI=1S/C23H22ClN5OS/c1-16-14-20(26-30-16)21-8-5-13-27(21)15-28-23(31)29(19-6-3-2-4-7-19)22(25-28)17-9-11-18(24)12-10-17/h2-4,6-7,9-12,14,21H,5,8,13,15H2,1H3. The van der Waals surface area contributed by atoms with E-state index in [0.717, 1.165) is 47.9 Å². The second-order valence-corrected chi connectivity index (χ2v) is 8.56. The SMILES string of the molecule is Cc1cc(C2CCCN2Cn2nc(-c3ccc(Cl)cc3)n(-c3ccccc3)c2=S)no1. The molecule has 0 N–H and O–H groups in total. The Morgan fingerprint density at radius 2 is 1.90 bits per heavy atom. The summed E-state index contributed by atoms with van der Waals surface area (Å²) in [4.78, 5) is 2.36. The van der Waals surface area contributed by atoms with Crippen LogP contribution in [0.5, 0.6) is 0 Å². The molecule has 0 saturated carbocycles. The van der Waals surface area contributed by atoms with Crippen LogP contribution in [0.3, 0.4) is 0 Å². The number of nitrogens with zero attached hydrogens (tertiary/aromatic N) is 5. The van der Waals surface area contributed by atoms with E-state index in [1.807, 2.05) is 76.8 Å². The Morgan fingerprint density at radius 1 is 1.13 bits per heavy atom. The first-order valence-electron chi connectivity index (χ1n) is 10.3. The molecule has 31 heavy (non-hydrogen) atoms. The minimum absolute atomic E-state index is 0.209. The molecule has 0 bridgehead atoms. The molecule has 0 aliphatic carbocycles. The average Bonchev–Trinajstić information content (AvgIpc) is 3.49. The van der Waals surface area contributed by atoms with Crippen LogP contribution in [0.2, 0.25) is 5.02 Å². The number of aromatic nitrogens is 4. The van der Waals surface area contributed by atoms with E-state index in [9.17, 15) is 0 Å². The van der Waals surface area contributed by atoms with E-state index in [1.165, 1.54) is 0 Å². The van der Waals surface area contributed by atoms with E-state index in [0.29, 0.717) is 16.5 Å². The van der Waals surface area contributed by atoms with E-state index in [1.54, 1.807) is 0 Å². The maximum Gasteiger partial charge on any atom is 0.204 e. The van der Waals surface area contributed by atoms with Gasteiger partial charge in [0.15, 0.2) is 5.82 Å². The predicted molar refractivity (Wildman–Crippen MR) is 123 cm³/mol. The molecule has 8 heteroatoms. The molecular weight excluding hydrogens is 430 g/mol. The second-order valence-electron chi connectivity index (χ2n) is 7.76. The van der Waals surface area contributed by atoms with Crippen LogP contribution < -0.4 is 0 Å². The second kappa shape index (κ2) is 8.42. The summed E-state index contributed by atoms with van der Waals surface area (Å²) in [6, 6.07) is 20.0. The highest BCUT2D eigenvalue weighted by Crippen LogP contribution is 2.32. The Hall–Kier alpha value is -2.74. The van der Waals surface area contributed by atoms with Gasteiger partial charge < -0.3 is 4.52 Å². The summed E-state index contributed by atoms with van der Waals surface area (Å²) in [7, 11) is 0. The van der Waals surface area contributed by atoms with Gasteiger partial charge in [0.2, 0.25) is 4.77 Å². The monoisotopic (exact) mass is 451 g/mol. The van der Waals surface area contributed by atoms with E-state index in [2.05, 4.69) is 10.1 Å². The number of benzene rings is 2. The summed E-state index contributed by atoms with van der Waals surface area (Å²) in [5.74, 6) is 1.62. The molecule has 6 nitrogen and oxygen atoms in total. The molecule has 2 aromatic heterocycles. The largest absolute Gasteiger partial charge is 0.361 e. The fourth-order valence-corrected chi connectivity index (χ4v) is 4.56. The van der Waals surface area contributed by atoms with Gasteiger partial charge in [-0.3, -0.25) is 9.47 Å². The third-order valence-corrected chi connectivity index (χ3v) is 6.27. The van der Waals surface area contributed by atoms with Crippen LogP contribution in [0.4, 0.5) is 0 Å². The normalized spacial score (nSPS) is 16.8. The number of halogens is 1. The van der Waals surface area contributed by atoms with Gasteiger partial charge in [0.1, 0.15) is 11.5 Å². The Kier molecular flexibility index (Phi) is 5.48. The van der Waals surface area contributed by atoms with Crippen molar-refractivity contribution >= 4 is 23.8 Å². The van der Waals surface area contributed by atoms with Gasteiger partial charge in [0, 0.05) is 28.9 Å². The number of para-hydroxylation sites is 1. The van der Waals surface area contributed by atoms with E-state index < -0.39 is 0 Å².